The highest BCUT2D eigenvalue weighted by Crippen LogP contribution is 2.41. The second kappa shape index (κ2) is 13.2. The molecule has 9 nitrogen and oxygen atoms in total. The van der Waals surface area contributed by atoms with E-state index in [1.807, 2.05) is 60.7 Å². The molecule has 1 aliphatic rings. The molecule has 54 heavy (non-hydrogen) atoms. The van der Waals surface area contributed by atoms with Crippen LogP contribution in [0.2, 0.25) is 0 Å². The molecule has 0 saturated heterocycles. The van der Waals surface area contributed by atoms with Crippen molar-refractivity contribution in [3.8, 4) is 28.1 Å². The second-order valence-electron chi connectivity index (χ2n) is 12.7. The van der Waals surface area contributed by atoms with Gasteiger partial charge < -0.3 is 14.5 Å². The Labute approximate surface area is 302 Å². The van der Waals surface area contributed by atoms with E-state index < -0.39 is 42.6 Å². The van der Waals surface area contributed by atoms with Crippen LogP contribution in [0.4, 0.5) is 38.3 Å². The third-order valence-corrected chi connectivity index (χ3v) is 8.96. The maximum absolute atomic E-state index is 13.8. The number of aromatic nitrogens is 4. The summed E-state index contributed by atoms with van der Waals surface area (Å²) in [6.45, 7) is 0.316. The molecule has 272 valence electrons. The Balaban J connectivity index is 1.10. The number of benzene rings is 4. The molecule has 0 spiro atoms. The number of nitrogens with one attached hydrogen (secondary N) is 2. The lowest BCUT2D eigenvalue weighted by molar-refractivity contribution is -0.153. The van der Waals surface area contributed by atoms with Gasteiger partial charge in [0.15, 0.2) is 12.3 Å². The van der Waals surface area contributed by atoms with E-state index in [9.17, 15) is 31.1 Å². The minimum atomic E-state index is -4.74. The van der Waals surface area contributed by atoms with E-state index in [1.165, 1.54) is 18.2 Å². The number of rotatable bonds is 8. The Bertz CT molecular complexity index is 2590. The molecule has 15 heteroatoms. The molecule has 0 bridgehead atoms. The highest BCUT2D eigenvalue weighted by atomic mass is 19.4. The summed E-state index contributed by atoms with van der Waals surface area (Å²) in [5, 5.41) is 6.96. The summed E-state index contributed by atoms with van der Waals surface area (Å²) in [6.07, 6.45) is -8.16. The van der Waals surface area contributed by atoms with Crippen molar-refractivity contribution >= 4 is 39.7 Å². The summed E-state index contributed by atoms with van der Waals surface area (Å²) in [6, 6.07) is 25.8. The number of nitrogens with zero attached hydrogens (tertiary/aromatic N) is 4. The van der Waals surface area contributed by atoms with Gasteiger partial charge in [0.2, 0.25) is 5.95 Å². The van der Waals surface area contributed by atoms with Crippen LogP contribution in [0.25, 0.3) is 44.2 Å². The molecule has 2 N–H and O–H groups in total. The molecule has 8 rings (SSSR count). The lowest BCUT2D eigenvalue weighted by Gasteiger charge is -2.16. The highest BCUT2D eigenvalue weighted by Gasteiger charge is 2.35. The van der Waals surface area contributed by atoms with E-state index in [1.54, 1.807) is 19.1 Å². The smallest absolute Gasteiger partial charge is 0.436 e. The van der Waals surface area contributed by atoms with Crippen LogP contribution in [-0.4, -0.2) is 38.6 Å². The summed E-state index contributed by atoms with van der Waals surface area (Å²) < 4.78 is 87.7. The summed E-state index contributed by atoms with van der Waals surface area (Å²) in [7, 11) is 0. The van der Waals surface area contributed by atoms with Crippen LogP contribution in [-0.2, 0) is 12.6 Å². The van der Waals surface area contributed by atoms with E-state index in [4.69, 9.17) is 9.15 Å². The molecule has 1 unspecified atom stereocenters. The quantitative estimate of drug-likeness (QED) is 0.117. The van der Waals surface area contributed by atoms with Crippen molar-refractivity contribution in [3.63, 3.8) is 0 Å². The van der Waals surface area contributed by atoms with Crippen molar-refractivity contribution < 1.29 is 40.3 Å². The number of anilines is 2. The van der Waals surface area contributed by atoms with Gasteiger partial charge in [-0.25, -0.2) is 15.0 Å². The number of carbonyl (C=O) groups excluding carboxylic acids is 1. The summed E-state index contributed by atoms with van der Waals surface area (Å²) in [5.74, 6) is -0.795. The fourth-order valence-corrected chi connectivity index (χ4v) is 6.41. The SMILES string of the molecule is CC(NC(=O)c1cc(-c2cccc3c2Cc2ccccc2-3)nc(Nc2nc(C(F)(F)F)co2)n1)c1ccc2cc3ccc(OCC(F)(F)F)cc3nc2c1. The summed E-state index contributed by atoms with van der Waals surface area (Å²) in [4.78, 5) is 30.8. The maximum Gasteiger partial charge on any atom is 0.436 e. The first-order valence-corrected chi connectivity index (χ1v) is 16.5. The lowest BCUT2D eigenvalue weighted by atomic mass is 9.98. The van der Waals surface area contributed by atoms with Gasteiger partial charge in [0, 0.05) is 22.4 Å². The van der Waals surface area contributed by atoms with Gasteiger partial charge in [-0.1, -0.05) is 54.6 Å². The Morgan fingerprint density at radius 2 is 1.56 bits per heavy atom. The number of hydrogen-bond donors (Lipinski definition) is 2. The number of hydrogen-bond acceptors (Lipinski definition) is 8. The van der Waals surface area contributed by atoms with Crippen LogP contribution < -0.4 is 15.4 Å². The number of alkyl halides is 6. The van der Waals surface area contributed by atoms with Crippen LogP contribution in [0.3, 0.4) is 0 Å². The first-order valence-electron chi connectivity index (χ1n) is 16.5. The van der Waals surface area contributed by atoms with Crippen molar-refractivity contribution in [2.45, 2.75) is 31.7 Å². The number of oxazole rings is 1. The number of halogens is 6. The monoisotopic (exact) mass is 740 g/mol. The molecule has 3 aromatic heterocycles. The average Bonchev–Trinajstić information content (AvgIpc) is 3.77. The molecule has 0 saturated carbocycles. The third-order valence-electron chi connectivity index (χ3n) is 8.96. The minimum Gasteiger partial charge on any atom is -0.484 e. The molecular formula is C39H26F6N6O3. The van der Waals surface area contributed by atoms with Crippen molar-refractivity contribution in [3.05, 3.63) is 125 Å². The molecule has 7 aromatic rings. The number of fused-ring (bicyclic) bond motifs is 5. The van der Waals surface area contributed by atoms with Crippen LogP contribution in [0, 0.1) is 0 Å². The third kappa shape index (κ3) is 6.99. The van der Waals surface area contributed by atoms with Crippen molar-refractivity contribution in [1.29, 1.82) is 0 Å². The zero-order chi connectivity index (χ0) is 37.8. The van der Waals surface area contributed by atoms with Gasteiger partial charge >= 0.3 is 18.4 Å². The predicted octanol–water partition coefficient (Wildman–Crippen LogP) is 9.60. The zero-order valence-electron chi connectivity index (χ0n) is 28.0. The maximum atomic E-state index is 13.8. The van der Waals surface area contributed by atoms with E-state index in [2.05, 4.69) is 30.6 Å². The first kappa shape index (κ1) is 34.6. The summed E-state index contributed by atoms with van der Waals surface area (Å²) in [5.41, 5.74) is 5.50. The molecule has 1 aliphatic carbocycles. The normalized spacial score (nSPS) is 13.1. The second-order valence-corrected chi connectivity index (χ2v) is 12.7. The molecule has 1 atom stereocenters. The Morgan fingerprint density at radius 1 is 0.815 bits per heavy atom. The topological polar surface area (TPSA) is 115 Å². The minimum absolute atomic E-state index is 0.0233. The zero-order valence-corrected chi connectivity index (χ0v) is 28.0. The summed E-state index contributed by atoms with van der Waals surface area (Å²) >= 11 is 0. The van der Waals surface area contributed by atoms with Crippen molar-refractivity contribution in [1.82, 2.24) is 25.3 Å². The predicted molar refractivity (Wildman–Crippen MR) is 187 cm³/mol. The number of amides is 1. The Hall–Kier alpha value is -6.51. The van der Waals surface area contributed by atoms with Gasteiger partial charge in [-0.2, -0.15) is 31.3 Å². The van der Waals surface area contributed by atoms with Gasteiger partial charge in [0.25, 0.3) is 5.91 Å². The number of pyridine rings is 1. The molecule has 0 radical (unpaired) electrons. The average molecular weight is 741 g/mol. The number of ether oxygens (including phenoxy) is 1. The molecule has 0 fully saturated rings. The van der Waals surface area contributed by atoms with Crippen molar-refractivity contribution in [2.24, 2.45) is 0 Å². The van der Waals surface area contributed by atoms with Gasteiger partial charge in [-0.05, 0) is 71.5 Å². The van der Waals surface area contributed by atoms with E-state index in [0.29, 0.717) is 45.9 Å². The van der Waals surface area contributed by atoms with E-state index >= 15 is 0 Å². The van der Waals surface area contributed by atoms with Crippen LogP contribution in [0.15, 0.2) is 102 Å². The van der Waals surface area contributed by atoms with Gasteiger partial charge in [0.05, 0.1) is 22.8 Å². The van der Waals surface area contributed by atoms with Crippen LogP contribution >= 0.6 is 0 Å². The van der Waals surface area contributed by atoms with Gasteiger partial charge in [-0.3, -0.25) is 10.1 Å². The van der Waals surface area contributed by atoms with Gasteiger partial charge in [-0.15, -0.1) is 0 Å². The first-order chi connectivity index (χ1) is 25.8. The molecule has 4 aromatic carbocycles. The van der Waals surface area contributed by atoms with Crippen LogP contribution in [0.5, 0.6) is 5.75 Å². The fraction of sp³-hybridized carbons (Fsp3) is 0.154. The van der Waals surface area contributed by atoms with Crippen LogP contribution in [0.1, 0.15) is 45.8 Å². The number of carbonyl (C=O) groups is 1. The standard InChI is InChI=1S/C39H26F6N6O3/c1-20(21-9-10-23-13-24-11-12-25(54-19-38(40,41)42)16-31(24)47-30(23)15-21)46-35(52)33-17-32(48-36(49-33)51-37-50-34(18-53-37)39(43,44)45)28-8-4-7-27-26-6-3-2-5-22(26)14-29(27)28/h2-13,15-18,20H,14,19H2,1H3,(H,46,52)(H,48,49,50,51). The Morgan fingerprint density at radius 3 is 2.33 bits per heavy atom. The highest BCUT2D eigenvalue weighted by molar-refractivity contribution is 5.96. The van der Waals surface area contributed by atoms with E-state index in [-0.39, 0.29) is 17.4 Å². The molecular weight excluding hydrogens is 714 g/mol. The Kier molecular flexibility index (Phi) is 8.43. The lowest BCUT2D eigenvalue weighted by Crippen LogP contribution is -2.28. The van der Waals surface area contributed by atoms with Gasteiger partial charge in [0.1, 0.15) is 17.7 Å². The molecule has 3 heterocycles. The van der Waals surface area contributed by atoms with Crippen molar-refractivity contribution in [2.75, 3.05) is 11.9 Å². The molecule has 0 aliphatic heterocycles. The largest absolute Gasteiger partial charge is 0.484 e. The fourth-order valence-electron chi connectivity index (χ4n) is 6.41. The van der Waals surface area contributed by atoms with E-state index in [0.717, 1.165) is 27.6 Å². The molecule has 1 amide bonds.